The molecule has 2 aromatic carbocycles. The average molecular weight is 864 g/mol. The van der Waals surface area contributed by atoms with Gasteiger partial charge in [-0.05, 0) is 62.5 Å². The highest BCUT2D eigenvalue weighted by atomic mass is 16.6. The van der Waals surface area contributed by atoms with Crippen molar-refractivity contribution < 1.29 is 43.7 Å². The van der Waals surface area contributed by atoms with Crippen LogP contribution < -0.4 is 26.6 Å². The number of benzene rings is 2. The van der Waals surface area contributed by atoms with Gasteiger partial charge in [-0.3, -0.25) is 14.4 Å². The third-order valence-electron chi connectivity index (χ3n) is 9.82. The molecule has 3 aromatic rings. The molecule has 0 fully saturated rings. The molecular weight excluding hydrogens is 795 g/mol. The number of rotatable bonds is 25. The first-order valence-corrected chi connectivity index (χ1v) is 21.4. The fourth-order valence-corrected chi connectivity index (χ4v) is 6.70. The quantitative estimate of drug-likeness (QED) is 0.0635. The second-order valence-corrected chi connectivity index (χ2v) is 17.9. The van der Waals surface area contributed by atoms with E-state index in [1.165, 1.54) is 0 Å². The maximum atomic E-state index is 14.5. The lowest BCUT2D eigenvalue weighted by Gasteiger charge is -2.31. The summed E-state index contributed by atoms with van der Waals surface area (Å²) in [6, 6.07) is 13.7. The minimum Gasteiger partial charge on any atom is -0.480 e. The summed E-state index contributed by atoms with van der Waals surface area (Å²) in [5, 5.41) is 35.6. The molecule has 0 aliphatic heterocycles. The number of aliphatic hydroxyl groups excluding tert-OH is 1. The molecule has 0 saturated carbocycles. The standard InChI is InChI=1S/C46H69N7O9/c1-29(2)20-35(39(54)25-48-36(21-30(3)4)41(55)52-40(31(5)6)44(58)59)49-43(57)38(23-34-24-47-27-53(34)28-61-26-33-18-14-11-15-19-33)50-42(56)37(22-32-16-12-10-13-17-32)51-45(60)62-46(7,8)9/h10-19,24,27,29-31,35-40,48,54H,20-23,25-26,28H2,1-9H3,(H,49,57)(H,50,56)(H,51,60)(H,52,55)(H,58,59)/t35?,36-,37-,38-,39?,40-/m0/s1. The van der Waals surface area contributed by atoms with Gasteiger partial charge in [0.15, 0.2) is 0 Å². The van der Waals surface area contributed by atoms with Gasteiger partial charge in [0, 0.05) is 31.3 Å². The van der Waals surface area contributed by atoms with Crippen LogP contribution in [0.1, 0.15) is 92.0 Å². The van der Waals surface area contributed by atoms with Crippen molar-refractivity contribution in [2.45, 2.75) is 143 Å². The van der Waals surface area contributed by atoms with E-state index in [1.807, 2.05) is 88.4 Å². The van der Waals surface area contributed by atoms with Crippen LogP contribution in [0.4, 0.5) is 4.79 Å². The van der Waals surface area contributed by atoms with Crippen molar-refractivity contribution in [1.82, 2.24) is 36.1 Å². The zero-order valence-electron chi connectivity index (χ0n) is 37.7. The minimum atomic E-state index is -1.22. The molecule has 0 bridgehead atoms. The number of aliphatic hydroxyl groups is 1. The molecule has 4 amide bonds. The molecule has 1 aromatic heterocycles. The van der Waals surface area contributed by atoms with E-state index in [0.29, 0.717) is 25.1 Å². The molecule has 1 heterocycles. The van der Waals surface area contributed by atoms with Crippen LogP contribution in [0.3, 0.4) is 0 Å². The first kappa shape index (κ1) is 51.0. The minimum absolute atomic E-state index is 0.0107. The predicted molar refractivity (Wildman–Crippen MR) is 235 cm³/mol. The highest BCUT2D eigenvalue weighted by molar-refractivity contribution is 5.92. The molecular formula is C46H69N7O9. The number of aliphatic carboxylic acids is 1. The lowest BCUT2D eigenvalue weighted by atomic mass is 9.97. The maximum Gasteiger partial charge on any atom is 0.408 e. The largest absolute Gasteiger partial charge is 0.480 e. The summed E-state index contributed by atoms with van der Waals surface area (Å²) in [6.07, 6.45) is 1.92. The van der Waals surface area contributed by atoms with Crippen LogP contribution in [-0.4, -0.2) is 98.0 Å². The third kappa shape index (κ3) is 18.3. The Morgan fingerprint density at radius 3 is 1.85 bits per heavy atom. The van der Waals surface area contributed by atoms with Crippen molar-refractivity contribution >= 4 is 29.8 Å². The number of aromatic nitrogens is 2. The molecule has 0 aliphatic carbocycles. The number of ether oxygens (including phenoxy) is 2. The zero-order chi connectivity index (χ0) is 46.0. The molecule has 3 rings (SSSR count). The summed E-state index contributed by atoms with van der Waals surface area (Å²) in [5.74, 6) is -3.19. The Hall–Kier alpha value is -5.32. The van der Waals surface area contributed by atoms with Crippen LogP contribution >= 0.6 is 0 Å². The van der Waals surface area contributed by atoms with E-state index in [4.69, 9.17) is 9.47 Å². The zero-order valence-corrected chi connectivity index (χ0v) is 37.7. The number of carbonyl (C=O) groups is 5. The number of amides is 4. The van der Waals surface area contributed by atoms with Crippen LogP contribution in [0.15, 0.2) is 73.2 Å². The Labute approximate surface area is 366 Å². The summed E-state index contributed by atoms with van der Waals surface area (Å²) >= 11 is 0. The number of carboxylic acid groups (broad SMARTS) is 1. The molecule has 0 saturated heterocycles. The van der Waals surface area contributed by atoms with Crippen molar-refractivity contribution in [1.29, 1.82) is 0 Å². The Bertz CT molecular complexity index is 1850. The normalized spacial score (nSPS) is 14.7. The van der Waals surface area contributed by atoms with Gasteiger partial charge in [-0.15, -0.1) is 0 Å². The van der Waals surface area contributed by atoms with Gasteiger partial charge in [0.05, 0.1) is 31.1 Å². The van der Waals surface area contributed by atoms with Crippen molar-refractivity contribution in [3.63, 3.8) is 0 Å². The van der Waals surface area contributed by atoms with E-state index in [2.05, 4.69) is 31.6 Å². The molecule has 342 valence electrons. The Morgan fingerprint density at radius 1 is 0.726 bits per heavy atom. The number of hydrogen-bond acceptors (Lipinski definition) is 10. The SMILES string of the molecule is CC(C)CC(NC(=O)[C@H](Cc1cncn1COCc1ccccc1)NC(=O)[C@H](Cc1ccccc1)NC(=O)OC(C)(C)C)C(O)CN[C@@H](CC(C)C)C(=O)N[C@H](C(=O)O)C(C)C. The van der Waals surface area contributed by atoms with E-state index < -0.39 is 71.7 Å². The Kier molecular flexibility index (Phi) is 20.5. The monoisotopic (exact) mass is 864 g/mol. The molecule has 6 atom stereocenters. The Morgan fingerprint density at radius 2 is 1.29 bits per heavy atom. The number of carbonyl (C=O) groups excluding carboxylic acids is 4. The summed E-state index contributed by atoms with van der Waals surface area (Å²) in [4.78, 5) is 71.3. The summed E-state index contributed by atoms with van der Waals surface area (Å²) in [6.45, 7) is 16.6. The van der Waals surface area contributed by atoms with Gasteiger partial charge in [-0.2, -0.15) is 0 Å². The highest BCUT2D eigenvalue weighted by Crippen LogP contribution is 2.15. The van der Waals surface area contributed by atoms with Gasteiger partial charge < -0.3 is 50.8 Å². The van der Waals surface area contributed by atoms with Gasteiger partial charge in [0.1, 0.15) is 30.5 Å². The summed E-state index contributed by atoms with van der Waals surface area (Å²) in [7, 11) is 0. The van der Waals surface area contributed by atoms with E-state index in [0.717, 1.165) is 11.1 Å². The third-order valence-corrected chi connectivity index (χ3v) is 9.82. The van der Waals surface area contributed by atoms with Gasteiger partial charge in [-0.1, -0.05) is 102 Å². The fourth-order valence-electron chi connectivity index (χ4n) is 6.70. The van der Waals surface area contributed by atoms with E-state index in [-0.39, 0.29) is 43.9 Å². The van der Waals surface area contributed by atoms with Crippen molar-refractivity contribution in [3.8, 4) is 0 Å². The fraction of sp³-hybridized carbons (Fsp3) is 0.565. The van der Waals surface area contributed by atoms with Gasteiger partial charge in [-0.25, -0.2) is 14.6 Å². The number of alkyl carbamates (subject to hydrolysis) is 1. The lowest BCUT2D eigenvalue weighted by molar-refractivity contribution is -0.143. The molecule has 0 spiro atoms. The van der Waals surface area contributed by atoms with E-state index in [9.17, 15) is 34.2 Å². The molecule has 16 nitrogen and oxygen atoms in total. The molecule has 62 heavy (non-hydrogen) atoms. The van der Waals surface area contributed by atoms with Gasteiger partial charge in [0.2, 0.25) is 17.7 Å². The first-order valence-electron chi connectivity index (χ1n) is 21.4. The number of imidazole rings is 1. The summed E-state index contributed by atoms with van der Waals surface area (Å²) < 4.78 is 13.2. The van der Waals surface area contributed by atoms with Crippen molar-refractivity contribution in [2.24, 2.45) is 17.8 Å². The average Bonchev–Trinajstić information content (AvgIpc) is 3.63. The van der Waals surface area contributed by atoms with Crippen LogP contribution in [0.2, 0.25) is 0 Å². The number of carboxylic acids is 1. The number of nitrogens with one attached hydrogen (secondary N) is 5. The Balaban J connectivity index is 1.91. The lowest BCUT2D eigenvalue weighted by Crippen LogP contribution is -2.59. The van der Waals surface area contributed by atoms with Crippen LogP contribution in [-0.2, 0) is 54.8 Å². The topological polar surface area (TPSA) is 222 Å². The molecule has 0 aliphatic rings. The molecule has 2 unspecified atom stereocenters. The first-order chi connectivity index (χ1) is 29.2. The molecule has 0 radical (unpaired) electrons. The van der Waals surface area contributed by atoms with Crippen molar-refractivity contribution in [2.75, 3.05) is 6.54 Å². The summed E-state index contributed by atoms with van der Waals surface area (Å²) in [5.41, 5.74) is 1.47. The number of hydrogen-bond donors (Lipinski definition) is 7. The van der Waals surface area contributed by atoms with Crippen molar-refractivity contribution in [3.05, 3.63) is 90.0 Å². The molecule has 7 N–H and O–H groups in total. The van der Waals surface area contributed by atoms with E-state index in [1.54, 1.807) is 51.7 Å². The second kappa shape index (κ2) is 25.0. The maximum absolute atomic E-state index is 14.5. The van der Waals surface area contributed by atoms with Gasteiger partial charge >= 0.3 is 12.1 Å². The van der Waals surface area contributed by atoms with Gasteiger partial charge in [0.25, 0.3) is 0 Å². The highest BCUT2D eigenvalue weighted by Gasteiger charge is 2.33. The second-order valence-electron chi connectivity index (χ2n) is 17.9. The molecule has 16 heteroatoms. The van der Waals surface area contributed by atoms with E-state index >= 15 is 0 Å². The van der Waals surface area contributed by atoms with Crippen LogP contribution in [0, 0.1) is 17.8 Å². The van der Waals surface area contributed by atoms with Crippen LogP contribution in [0.5, 0.6) is 0 Å². The van der Waals surface area contributed by atoms with Crippen LogP contribution in [0.25, 0.3) is 0 Å². The number of nitrogens with zero attached hydrogens (tertiary/aromatic N) is 2. The predicted octanol–water partition coefficient (Wildman–Crippen LogP) is 4.34. The smallest absolute Gasteiger partial charge is 0.408 e.